The van der Waals surface area contributed by atoms with E-state index >= 15 is 0 Å². The fourth-order valence-electron chi connectivity index (χ4n) is 3.69. The van der Waals surface area contributed by atoms with Gasteiger partial charge >= 0.3 is 5.97 Å². The van der Waals surface area contributed by atoms with Crippen molar-refractivity contribution in [1.82, 2.24) is 0 Å². The van der Waals surface area contributed by atoms with E-state index in [0.717, 1.165) is 53.8 Å². The fourth-order valence-corrected chi connectivity index (χ4v) is 3.69. The van der Waals surface area contributed by atoms with Crippen LogP contribution in [0, 0.1) is 6.92 Å². The van der Waals surface area contributed by atoms with Crippen molar-refractivity contribution < 1.29 is 18.7 Å². The highest BCUT2D eigenvalue weighted by Crippen LogP contribution is 2.37. The fraction of sp³-hybridized carbons (Fsp3) is 0.333. The molecule has 0 atom stereocenters. The van der Waals surface area contributed by atoms with E-state index in [1.165, 1.54) is 0 Å². The van der Waals surface area contributed by atoms with Crippen molar-refractivity contribution in [2.24, 2.45) is 0 Å². The van der Waals surface area contributed by atoms with Crippen LogP contribution in [0.3, 0.4) is 0 Å². The number of anilines is 1. The number of hydrogen-bond acceptors (Lipinski definition) is 4. The number of esters is 1. The van der Waals surface area contributed by atoms with Crippen molar-refractivity contribution in [2.45, 2.75) is 39.5 Å². The van der Waals surface area contributed by atoms with Crippen molar-refractivity contribution in [3.63, 3.8) is 0 Å². The molecule has 0 radical (unpaired) electrons. The molecule has 2 aliphatic rings. The van der Waals surface area contributed by atoms with E-state index in [0.29, 0.717) is 23.5 Å². The smallest absolute Gasteiger partial charge is 0.342 e. The summed E-state index contributed by atoms with van der Waals surface area (Å²) in [6, 6.07) is 5.81. The second-order valence-corrected chi connectivity index (χ2v) is 6.73. The number of furan rings is 1. The van der Waals surface area contributed by atoms with Crippen LogP contribution in [0.25, 0.3) is 11.6 Å². The first-order valence-electron chi connectivity index (χ1n) is 9.04. The standard InChI is InChI=1S/C21H21NO4/c1-3-25-21(24)19-13-6-4-5-7-17(13)26-18(19)11-15-14-10-12(2)8-9-16(14)22-20(15)23/h8-11H,3-7H2,1-2H3,(H,22,23). The number of rotatable bonds is 3. The highest BCUT2D eigenvalue weighted by atomic mass is 16.5. The largest absolute Gasteiger partial charge is 0.462 e. The minimum atomic E-state index is -0.380. The Bertz CT molecular complexity index is 936. The lowest BCUT2D eigenvalue weighted by Crippen LogP contribution is -2.10. The zero-order chi connectivity index (χ0) is 18.3. The van der Waals surface area contributed by atoms with Crippen LogP contribution < -0.4 is 5.32 Å². The van der Waals surface area contributed by atoms with Crippen LogP contribution in [0.15, 0.2) is 22.6 Å². The molecular weight excluding hydrogens is 330 g/mol. The molecular formula is C21H21NO4. The maximum atomic E-state index is 12.5. The summed E-state index contributed by atoms with van der Waals surface area (Å²) in [5.74, 6) is 0.702. The Morgan fingerprint density at radius 1 is 1.31 bits per heavy atom. The minimum Gasteiger partial charge on any atom is -0.462 e. The summed E-state index contributed by atoms with van der Waals surface area (Å²) >= 11 is 0. The average Bonchev–Trinajstić information content (AvgIpc) is 3.13. The van der Waals surface area contributed by atoms with Gasteiger partial charge in [0.15, 0.2) is 0 Å². The van der Waals surface area contributed by atoms with E-state index in [2.05, 4.69) is 5.32 Å². The van der Waals surface area contributed by atoms with Gasteiger partial charge < -0.3 is 14.5 Å². The van der Waals surface area contributed by atoms with E-state index in [-0.39, 0.29) is 11.9 Å². The number of hydrogen-bond donors (Lipinski definition) is 1. The molecule has 5 nitrogen and oxygen atoms in total. The van der Waals surface area contributed by atoms with Gasteiger partial charge in [-0.3, -0.25) is 4.79 Å². The molecule has 0 spiro atoms. The van der Waals surface area contributed by atoms with Gasteiger partial charge in [-0.2, -0.15) is 0 Å². The average molecular weight is 351 g/mol. The Morgan fingerprint density at radius 2 is 2.12 bits per heavy atom. The van der Waals surface area contributed by atoms with Gasteiger partial charge in [0, 0.05) is 23.2 Å². The molecule has 1 amide bonds. The Labute approximate surface area is 152 Å². The van der Waals surface area contributed by atoms with Crippen LogP contribution in [-0.4, -0.2) is 18.5 Å². The lowest BCUT2D eigenvalue weighted by Gasteiger charge is -2.10. The third kappa shape index (κ3) is 2.73. The molecule has 1 aromatic heterocycles. The Kier molecular flexibility index (Phi) is 4.15. The maximum absolute atomic E-state index is 12.5. The minimum absolute atomic E-state index is 0.185. The summed E-state index contributed by atoms with van der Waals surface area (Å²) in [6.45, 7) is 4.07. The molecule has 1 aliphatic carbocycles. The van der Waals surface area contributed by atoms with Gasteiger partial charge in [-0.1, -0.05) is 11.6 Å². The molecule has 26 heavy (non-hydrogen) atoms. The summed E-state index contributed by atoms with van der Waals surface area (Å²) in [5.41, 5.74) is 4.60. The number of fused-ring (bicyclic) bond motifs is 2. The number of carbonyl (C=O) groups excluding carboxylic acids is 2. The van der Waals surface area contributed by atoms with Crippen LogP contribution in [0.2, 0.25) is 0 Å². The summed E-state index contributed by atoms with van der Waals surface area (Å²) in [5, 5.41) is 2.87. The van der Waals surface area contributed by atoms with Crippen LogP contribution in [0.4, 0.5) is 5.69 Å². The summed E-state index contributed by atoms with van der Waals surface area (Å²) in [4.78, 5) is 25.0. The topological polar surface area (TPSA) is 68.5 Å². The Hall–Kier alpha value is -2.82. The van der Waals surface area contributed by atoms with Gasteiger partial charge in [0.2, 0.25) is 0 Å². The molecule has 2 heterocycles. The molecule has 0 saturated carbocycles. The van der Waals surface area contributed by atoms with E-state index < -0.39 is 0 Å². The zero-order valence-electron chi connectivity index (χ0n) is 15.0. The molecule has 1 aliphatic heterocycles. The number of benzene rings is 1. The van der Waals surface area contributed by atoms with Gasteiger partial charge in [-0.25, -0.2) is 4.79 Å². The third-order valence-corrected chi connectivity index (χ3v) is 4.91. The number of aryl methyl sites for hydroxylation is 2. The van der Waals surface area contributed by atoms with Crippen molar-refractivity contribution in [3.8, 4) is 0 Å². The van der Waals surface area contributed by atoms with E-state index in [1.807, 2.05) is 25.1 Å². The van der Waals surface area contributed by atoms with Crippen LogP contribution in [-0.2, 0) is 22.4 Å². The molecule has 4 rings (SSSR count). The van der Waals surface area contributed by atoms with Gasteiger partial charge in [-0.05, 0) is 51.3 Å². The van der Waals surface area contributed by atoms with Gasteiger partial charge in [0.05, 0.1) is 12.2 Å². The van der Waals surface area contributed by atoms with E-state index in [4.69, 9.17) is 9.15 Å². The van der Waals surface area contributed by atoms with E-state index in [9.17, 15) is 9.59 Å². The van der Waals surface area contributed by atoms with Crippen molar-refractivity contribution in [3.05, 3.63) is 52.0 Å². The highest BCUT2D eigenvalue weighted by Gasteiger charge is 2.30. The summed E-state index contributed by atoms with van der Waals surface area (Å²) < 4.78 is 11.2. The number of nitrogens with one attached hydrogen (secondary N) is 1. The van der Waals surface area contributed by atoms with Crippen LogP contribution in [0.5, 0.6) is 0 Å². The first-order valence-corrected chi connectivity index (χ1v) is 9.04. The summed E-state index contributed by atoms with van der Waals surface area (Å²) in [7, 11) is 0. The molecule has 0 saturated heterocycles. The van der Waals surface area contributed by atoms with Crippen molar-refractivity contribution >= 4 is 29.2 Å². The second-order valence-electron chi connectivity index (χ2n) is 6.73. The van der Waals surface area contributed by atoms with E-state index in [1.54, 1.807) is 13.0 Å². The first kappa shape index (κ1) is 16.6. The van der Waals surface area contributed by atoms with Crippen molar-refractivity contribution in [2.75, 3.05) is 11.9 Å². The Balaban J connectivity index is 1.85. The lowest BCUT2D eigenvalue weighted by molar-refractivity contribution is -0.110. The molecule has 2 aromatic rings. The van der Waals surface area contributed by atoms with Crippen LogP contribution in [0.1, 0.15) is 58.3 Å². The Morgan fingerprint density at radius 3 is 2.92 bits per heavy atom. The van der Waals surface area contributed by atoms with Crippen molar-refractivity contribution in [1.29, 1.82) is 0 Å². The highest BCUT2D eigenvalue weighted by molar-refractivity contribution is 6.35. The molecule has 1 aromatic carbocycles. The molecule has 0 fully saturated rings. The SMILES string of the molecule is CCOC(=O)c1c(C=C2C(=O)Nc3ccc(C)cc32)oc2c1CCCC2. The lowest BCUT2D eigenvalue weighted by atomic mass is 9.94. The first-order chi connectivity index (χ1) is 12.6. The zero-order valence-corrected chi connectivity index (χ0v) is 15.0. The monoisotopic (exact) mass is 351 g/mol. The normalized spacial score (nSPS) is 17.0. The van der Waals surface area contributed by atoms with Crippen LogP contribution >= 0.6 is 0 Å². The molecule has 134 valence electrons. The number of ether oxygens (including phenoxy) is 1. The van der Waals surface area contributed by atoms with Gasteiger partial charge in [-0.15, -0.1) is 0 Å². The maximum Gasteiger partial charge on any atom is 0.342 e. The van der Waals surface area contributed by atoms with Gasteiger partial charge in [0.1, 0.15) is 17.1 Å². The number of carbonyl (C=O) groups is 2. The summed E-state index contributed by atoms with van der Waals surface area (Å²) in [6.07, 6.45) is 5.37. The number of amides is 1. The quantitative estimate of drug-likeness (QED) is 0.667. The second kappa shape index (κ2) is 6.48. The molecule has 0 unspecified atom stereocenters. The predicted molar refractivity (Wildman–Crippen MR) is 99.0 cm³/mol. The molecule has 0 bridgehead atoms. The predicted octanol–water partition coefficient (Wildman–Crippen LogP) is 4.14. The molecule has 1 N–H and O–H groups in total. The molecule has 5 heteroatoms. The van der Waals surface area contributed by atoms with Gasteiger partial charge in [0.25, 0.3) is 5.91 Å². The third-order valence-electron chi connectivity index (χ3n) is 4.91.